The lowest BCUT2D eigenvalue weighted by Gasteiger charge is -2.37. The van der Waals surface area contributed by atoms with Crippen LogP contribution in [0.1, 0.15) is 54.6 Å². The summed E-state index contributed by atoms with van der Waals surface area (Å²) in [7, 11) is -3.62. The number of rotatable bonds is 6. The first-order valence-corrected chi connectivity index (χ1v) is 14.3. The highest BCUT2D eigenvalue weighted by Crippen LogP contribution is 2.34. The van der Waals surface area contributed by atoms with Crippen molar-refractivity contribution >= 4 is 27.4 Å². The molecule has 2 fully saturated rings. The topological polar surface area (TPSA) is 126 Å². The van der Waals surface area contributed by atoms with Crippen molar-refractivity contribution in [1.82, 2.24) is 24.2 Å². The molecule has 0 spiro atoms. The zero-order valence-corrected chi connectivity index (χ0v) is 21.5. The monoisotopic (exact) mass is 511 g/mol. The van der Waals surface area contributed by atoms with Crippen LogP contribution in [0.3, 0.4) is 0 Å². The molecular formula is C25H33N7O3S. The van der Waals surface area contributed by atoms with E-state index >= 15 is 0 Å². The smallest absolute Gasteiger partial charge is 0.245 e. The minimum Gasteiger partial charge on any atom is -0.355 e. The van der Waals surface area contributed by atoms with E-state index in [-0.39, 0.29) is 18.0 Å². The summed E-state index contributed by atoms with van der Waals surface area (Å²) < 4.78 is 28.6. The average molecular weight is 512 g/mol. The highest BCUT2D eigenvalue weighted by Gasteiger charge is 2.36. The molecule has 192 valence electrons. The van der Waals surface area contributed by atoms with Crippen molar-refractivity contribution in [2.45, 2.75) is 50.7 Å². The van der Waals surface area contributed by atoms with Gasteiger partial charge in [-0.2, -0.15) is 9.82 Å². The number of nitrogens with zero attached hydrogens (tertiary/aromatic N) is 5. The van der Waals surface area contributed by atoms with Gasteiger partial charge in [-0.3, -0.25) is 4.79 Å². The van der Waals surface area contributed by atoms with Crippen LogP contribution in [0.15, 0.2) is 42.6 Å². The second-order valence-electron chi connectivity index (χ2n) is 9.89. The number of amides is 1. The first-order valence-electron chi connectivity index (χ1n) is 12.4. The van der Waals surface area contributed by atoms with E-state index in [9.17, 15) is 13.2 Å². The summed E-state index contributed by atoms with van der Waals surface area (Å²) in [4.78, 5) is 22.7. The summed E-state index contributed by atoms with van der Waals surface area (Å²) >= 11 is 0. The molecule has 2 aliphatic heterocycles. The lowest BCUT2D eigenvalue weighted by Crippen LogP contribution is -2.46. The van der Waals surface area contributed by atoms with Gasteiger partial charge in [0, 0.05) is 43.5 Å². The third-order valence-corrected chi connectivity index (χ3v) is 7.65. The Kier molecular flexibility index (Phi) is 6.71. The van der Waals surface area contributed by atoms with Crippen molar-refractivity contribution in [3.63, 3.8) is 0 Å². The quantitative estimate of drug-likeness (QED) is 0.518. The van der Waals surface area contributed by atoms with Gasteiger partial charge in [0.05, 0.1) is 18.0 Å². The van der Waals surface area contributed by atoms with Crippen molar-refractivity contribution in [1.29, 1.82) is 0 Å². The number of nitrogens with one attached hydrogen (secondary N) is 1. The Morgan fingerprint density at radius 3 is 2.64 bits per heavy atom. The van der Waals surface area contributed by atoms with Gasteiger partial charge in [0.1, 0.15) is 11.9 Å². The fourth-order valence-corrected chi connectivity index (χ4v) is 5.94. The first-order chi connectivity index (χ1) is 17.2. The third-order valence-electron chi connectivity index (χ3n) is 6.99. The van der Waals surface area contributed by atoms with Crippen LogP contribution in [0, 0.1) is 6.92 Å². The fourth-order valence-electron chi connectivity index (χ4n) is 5.27. The predicted molar refractivity (Wildman–Crippen MR) is 138 cm³/mol. The van der Waals surface area contributed by atoms with E-state index in [4.69, 9.17) is 15.8 Å². The Morgan fingerprint density at radius 1 is 1.17 bits per heavy atom. The van der Waals surface area contributed by atoms with Crippen molar-refractivity contribution in [3.8, 4) is 0 Å². The van der Waals surface area contributed by atoms with Gasteiger partial charge >= 0.3 is 0 Å². The van der Waals surface area contributed by atoms with E-state index < -0.39 is 16.1 Å². The summed E-state index contributed by atoms with van der Waals surface area (Å²) in [5.41, 5.74) is 9.22. The minimum absolute atomic E-state index is 0.155. The summed E-state index contributed by atoms with van der Waals surface area (Å²) in [5.74, 6) is 0.643. The largest absolute Gasteiger partial charge is 0.355 e. The molecule has 1 amide bonds. The Morgan fingerprint density at radius 2 is 1.94 bits per heavy atom. The molecule has 0 radical (unpaired) electrons. The van der Waals surface area contributed by atoms with Crippen LogP contribution < -0.4 is 15.4 Å². The molecule has 0 saturated carbocycles. The molecule has 2 aliphatic rings. The van der Waals surface area contributed by atoms with Gasteiger partial charge in [-0.05, 0) is 38.2 Å². The Labute approximate surface area is 211 Å². The number of piperidine rings is 1. The van der Waals surface area contributed by atoms with Gasteiger partial charge in [0.2, 0.25) is 15.9 Å². The Bertz CT molecular complexity index is 1360. The maximum atomic E-state index is 13.8. The molecule has 36 heavy (non-hydrogen) atoms. The molecule has 2 aromatic heterocycles. The van der Waals surface area contributed by atoms with Crippen LogP contribution in [-0.4, -0.2) is 65.8 Å². The molecular weight excluding hydrogens is 478 g/mol. The number of sulfonamides is 1. The predicted octanol–water partition coefficient (Wildman–Crippen LogP) is 1.92. The highest BCUT2D eigenvalue weighted by atomic mass is 32.2. The zero-order chi connectivity index (χ0) is 25.4. The van der Waals surface area contributed by atoms with Crippen molar-refractivity contribution in [3.05, 3.63) is 59.4 Å². The van der Waals surface area contributed by atoms with E-state index in [0.717, 1.165) is 67.8 Å². The molecule has 0 bridgehead atoms. The highest BCUT2D eigenvalue weighted by molar-refractivity contribution is 7.88. The summed E-state index contributed by atoms with van der Waals surface area (Å²) in [6.07, 6.45) is 6.56. The number of nitrogens with two attached hydrogens (primary N) is 1. The number of hydrogen-bond donors (Lipinski definition) is 2. The number of anilines is 1. The number of carbonyl (C=O) groups is 1. The van der Waals surface area contributed by atoms with Crippen molar-refractivity contribution in [2.75, 3.05) is 30.8 Å². The maximum Gasteiger partial charge on any atom is 0.245 e. The van der Waals surface area contributed by atoms with Gasteiger partial charge < -0.3 is 15.5 Å². The van der Waals surface area contributed by atoms with Gasteiger partial charge in [-0.1, -0.05) is 30.3 Å². The summed E-state index contributed by atoms with van der Waals surface area (Å²) in [6, 6.07) is 9.81. The number of carbonyl (C=O) groups excluding carboxylic acids is 1. The number of likely N-dealkylation sites (tertiary alicyclic amines) is 1. The third kappa shape index (κ3) is 5.09. The molecule has 3 aromatic rings. The number of hydrogen-bond acceptors (Lipinski definition) is 7. The zero-order valence-electron chi connectivity index (χ0n) is 20.7. The molecule has 4 heterocycles. The van der Waals surface area contributed by atoms with E-state index in [0.29, 0.717) is 12.1 Å². The van der Waals surface area contributed by atoms with E-state index in [1.54, 1.807) is 33.7 Å². The molecule has 11 heteroatoms. The molecule has 2 saturated heterocycles. The van der Waals surface area contributed by atoms with Crippen molar-refractivity contribution < 1.29 is 13.2 Å². The lowest BCUT2D eigenvalue weighted by molar-refractivity contribution is -0.137. The van der Waals surface area contributed by atoms with Crippen LogP contribution >= 0.6 is 0 Å². The Balaban J connectivity index is 1.47. The first kappa shape index (κ1) is 24.7. The molecule has 0 aliphatic carbocycles. The van der Waals surface area contributed by atoms with Gasteiger partial charge in [-0.25, -0.2) is 17.9 Å². The second-order valence-corrected chi connectivity index (χ2v) is 11.7. The van der Waals surface area contributed by atoms with E-state index in [2.05, 4.69) is 9.62 Å². The Hall–Kier alpha value is -3.02. The molecule has 3 atom stereocenters. The standard InChI is InChI=1S/C25H33N7O3S/c1-17-15-32-22(27-24(17)30-13-11-19(26)16-30)14-20(28-32)21-10-6-7-12-31(21)25(33)23(29-36(2,34)35)18-8-4-3-5-9-18/h3-5,8-9,14-15,19,21,23,29H,6-7,10-13,16,26H2,1-2H3. The molecule has 1 aromatic carbocycles. The van der Waals surface area contributed by atoms with Crippen LogP contribution in [0.4, 0.5) is 5.82 Å². The molecule has 5 rings (SSSR count). The average Bonchev–Trinajstić information content (AvgIpc) is 3.47. The molecule has 3 unspecified atom stereocenters. The number of aryl methyl sites for hydroxylation is 1. The lowest BCUT2D eigenvalue weighted by atomic mass is 9.97. The summed E-state index contributed by atoms with van der Waals surface area (Å²) in [5, 5.41) is 4.80. The van der Waals surface area contributed by atoms with E-state index in [1.165, 1.54) is 0 Å². The second kappa shape index (κ2) is 9.79. The molecule has 10 nitrogen and oxygen atoms in total. The number of aromatic nitrogens is 3. The van der Waals surface area contributed by atoms with Gasteiger partial charge in [0.25, 0.3) is 0 Å². The molecule has 3 N–H and O–H groups in total. The van der Waals surface area contributed by atoms with Crippen LogP contribution in [0.25, 0.3) is 5.65 Å². The van der Waals surface area contributed by atoms with Gasteiger partial charge in [-0.15, -0.1) is 0 Å². The van der Waals surface area contributed by atoms with Gasteiger partial charge in [0.15, 0.2) is 5.65 Å². The maximum absolute atomic E-state index is 13.8. The van der Waals surface area contributed by atoms with Crippen molar-refractivity contribution in [2.24, 2.45) is 5.73 Å². The van der Waals surface area contributed by atoms with E-state index in [1.807, 2.05) is 25.3 Å². The van der Waals surface area contributed by atoms with Crippen LogP contribution in [-0.2, 0) is 14.8 Å². The minimum atomic E-state index is -3.62. The number of benzene rings is 1. The SMILES string of the molecule is Cc1cn2nc(C3CCCCN3C(=O)C(NS(C)(=O)=O)c3ccccc3)cc2nc1N1CCC(N)C1. The van der Waals surface area contributed by atoms with Crippen LogP contribution in [0.5, 0.6) is 0 Å². The fraction of sp³-hybridized carbons (Fsp3) is 0.480. The summed E-state index contributed by atoms with van der Waals surface area (Å²) in [6.45, 7) is 4.22. The number of fused-ring (bicyclic) bond motifs is 1. The van der Waals surface area contributed by atoms with Crippen LogP contribution in [0.2, 0.25) is 0 Å². The normalized spacial score (nSPS) is 21.8.